The number of aryl methyl sites for hydroxylation is 2. The van der Waals surface area contributed by atoms with Crippen LogP contribution in [0.2, 0.25) is 0 Å². The Bertz CT molecular complexity index is 917. The number of hydrogen-bond donors (Lipinski definition) is 2. The molecule has 2 heterocycles. The van der Waals surface area contributed by atoms with E-state index in [4.69, 9.17) is 8.83 Å². The lowest BCUT2D eigenvalue weighted by Crippen LogP contribution is -2.13. The topological polar surface area (TPSA) is 101 Å². The normalized spacial score (nSPS) is 12.2. The first kappa shape index (κ1) is 27.7. The van der Waals surface area contributed by atoms with Crippen LogP contribution in [-0.4, -0.2) is 10.2 Å². The van der Waals surface area contributed by atoms with Gasteiger partial charge in [-0.05, 0) is 36.5 Å². The zero-order chi connectivity index (χ0) is 25.2. The second-order valence-corrected chi connectivity index (χ2v) is 11.1. The van der Waals surface area contributed by atoms with Crippen LogP contribution < -0.4 is 10.9 Å². The van der Waals surface area contributed by atoms with Gasteiger partial charge in [0.05, 0.1) is 0 Å². The van der Waals surface area contributed by atoms with E-state index in [0.29, 0.717) is 24.4 Å². The zero-order valence-electron chi connectivity index (χ0n) is 21.3. The molecular formula is C28H42O6. The van der Waals surface area contributed by atoms with Crippen LogP contribution in [0.1, 0.15) is 103 Å². The molecule has 0 atom stereocenters. The average Bonchev–Trinajstić information content (AvgIpc) is 2.77. The molecule has 34 heavy (non-hydrogen) atoms. The van der Waals surface area contributed by atoms with Gasteiger partial charge in [0.1, 0.15) is 24.0 Å². The van der Waals surface area contributed by atoms with Gasteiger partial charge in [-0.25, -0.2) is 0 Å². The quantitative estimate of drug-likeness (QED) is 0.277. The van der Waals surface area contributed by atoms with Gasteiger partial charge in [-0.2, -0.15) is 0 Å². The van der Waals surface area contributed by atoms with E-state index in [9.17, 15) is 19.8 Å². The lowest BCUT2D eigenvalue weighted by atomic mass is 9.81. The molecule has 0 bridgehead atoms. The van der Waals surface area contributed by atoms with Gasteiger partial charge in [-0.3, -0.25) is 9.59 Å². The highest BCUT2D eigenvalue weighted by molar-refractivity contribution is 5.16. The van der Waals surface area contributed by atoms with Crippen molar-refractivity contribution in [2.24, 2.45) is 10.8 Å². The van der Waals surface area contributed by atoms with Crippen LogP contribution in [0.5, 0.6) is 11.5 Å². The monoisotopic (exact) mass is 474 g/mol. The molecule has 2 rings (SSSR count). The minimum Gasteiger partial charge on any atom is -0.502 e. The Kier molecular flexibility index (Phi) is 10.5. The average molecular weight is 475 g/mol. The van der Waals surface area contributed by atoms with Crippen LogP contribution in [0.25, 0.3) is 0 Å². The predicted molar refractivity (Wildman–Crippen MR) is 134 cm³/mol. The predicted octanol–water partition coefficient (Wildman–Crippen LogP) is 6.74. The van der Waals surface area contributed by atoms with Crippen molar-refractivity contribution >= 4 is 0 Å². The third-order valence-corrected chi connectivity index (χ3v) is 6.79. The van der Waals surface area contributed by atoms with Crippen LogP contribution in [0.15, 0.2) is 43.1 Å². The van der Waals surface area contributed by atoms with Crippen LogP contribution in [0.4, 0.5) is 0 Å². The fourth-order valence-corrected chi connectivity index (χ4v) is 4.24. The summed E-state index contributed by atoms with van der Waals surface area (Å²) in [4.78, 5) is 23.0. The molecule has 6 heteroatoms. The van der Waals surface area contributed by atoms with Crippen molar-refractivity contribution in [1.82, 2.24) is 0 Å². The third-order valence-electron chi connectivity index (χ3n) is 6.79. The van der Waals surface area contributed by atoms with Gasteiger partial charge in [0.15, 0.2) is 11.5 Å². The fourth-order valence-electron chi connectivity index (χ4n) is 4.24. The fraction of sp³-hybridized carbons (Fsp3) is 0.643. The zero-order valence-corrected chi connectivity index (χ0v) is 21.3. The summed E-state index contributed by atoms with van der Waals surface area (Å²) in [6.07, 6.45) is 15.2. The summed E-state index contributed by atoms with van der Waals surface area (Å²) in [5.41, 5.74) is -0.380. The van der Waals surface area contributed by atoms with E-state index < -0.39 is 0 Å². The molecule has 0 aliphatic carbocycles. The summed E-state index contributed by atoms with van der Waals surface area (Å²) in [5.74, 6) is 0.587. The van der Waals surface area contributed by atoms with Crippen molar-refractivity contribution in [3.05, 3.63) is 56.6 Å². The minimum absolute atomic E-state index is 0.192. The lowest BCUT2D eigenvalue weighted by molar-refractivity contribution is 0.278. The first-order valence-electron chi connectivity index (χ1n) is 12.6. The molecule has 0 saturated heterocycles. The number of hydrogen-bond acceptors (Lipinski definition) is 6. The summed E-state index contributed by atoms with van der Waals surface area (Å²) in [6, 6.07) is 2.77. The van der Waals surface area contributed by atoms with E-state index >= 15 is 0 Å². The van der Waals surface area contributed by atoms with Gasteiger partial charge < -0.3 is 19.0 Å². The van der Waals surface area contributed by atoms with Gasteiger partial charge in [0.2, 0.25) is 10.9 Å². The molecular weight excluding hydrogens is 432 g/mol. The van der Waals surface area contributed by atoms with Crippen LogP contribution in [0, 0.1) is 10.8 Å². The Morgan fingerprint density at radius 3 is 1.32 bits per heavy atom. The van der Waals surface area contributed by atoms with Crippen molar-refractivity contribution in [2.75, 3.05) is 0 Å². The van der Waals surface area contributed by atoms with Crippen LogP contribution in [0.3, 0.4) is 0 Å². The number of aromatic hydroxyl groups is 2. The molecule has 2 aromatic rings. The largest absolute Gasteiger partial charge is 0.502 e. The molecule has 0 radical (unpaired) electrons. The SMILES string of the molecule is CC(C)(CCCCCCCCC(C)(C)CCc1cc(=O)c(O)co1)CCc1cc(=O)c(O)co1. The summed E-state index contributed by atoms with van der Waals surface area (Å²) in [6.45, 7) is 9.04. The van der Waals surface area contributed by atoms with E-state index in [1.165, 1.54) is 50.7 Å². The molecule has 0 unspecified atom stereocenters. The molecule has 0 fully saturated rings. The first-order chi connectivity index (χ1) is 16.0. The molecule has 0 aliphatic heterocycles. The molecule has 0 amide bonds. The second-order valence-electron chi connectivity index (χ2n) is 11.1. The molecule has 0 aliphatic rings. The summed E-state index contributed by atoms with van der Waals surface area (Å²) in [5, 5.41) is 18.6. The smallest absolute Gasteiger partial charge is 0.226 e. The lowest BCUT2D eigenvalue weighted by Gasteiger charge is -2.24. The van der Waals surface area contributed by atoms with Crippen molar-refractivity contribution in [2.45, 2.75) is 105 Å². The highest BCUT2D eigenvalue weighted by Gasteiger charge is 2.19. The maximum Gasteiger partial charge on any atom is 0.226 e. The Morgan fingerprint density at radius 2 is 0.971 bits per heavy atom. The van der Waals surface area contributed by atoms with Gasteiger partial charge in [0, 0.05) is 25.0 Å². The van der Waals surface area contributed by atoms with Gasteiger partial charge in [-0.15, -0.1) is 0 Å². The van der Waals surface area contributed by atoms with Crippen molar-refractivity contribution < 1.29 is 19.0 Å². The maximum atomic E-state index is 11.5. The third kappa shape index (κ3) is 10.2. The summed E-state index contributed by atoms with van der Waals surface area (Å²) < 4.78 is 10.6. The van der Waals surface area contributed by atoms with Gasteiger partial charge in [0.25, 0.3) is 0 Å². The minimum atomic E-state index is -0.381. The molecule has 0 saturated carbocycles. The number of unbranched alkanes of at least 4 members (excludes halogenated alkanes) is 5. The van der Waals surface area contributed by atoms with Crippen molar-refractivity contribution in [1.29, 1.82) is 0 Å². The van der Waals surface area contributed by atoms with E-state index in [2.05, 4.69) is 27.7 Å². The van der Waals surface area contributed by atoms with E-state index in [1.807, 2.05) is 0 Å². The summed E-state index contributed by atoms with van der Waals surface area (Å²) in [7, 11) is 0. The van der Waals surface area contributed by atoms with Gasteiger partial charge in [-0.1, -0.05) is 66.2 Å². The summed E-state index contributed by atoms with van der Waals surface area (Å²) >= 11 is 0. The Hall–Kier alpha value is -2.50. The standard InChI is InChI=1S/C28H42O6/c1-27(2,15-11-21-17-23(29)25(31)19-33-21)13-9-7-5-6-8-10-14-28(3,4)16-12-22-18-24(30)26(32)20-34-22/h17-20,31-32H,5-16H2,1-4H3. The van der Waals surface area contributed by atoms with Crippen LogP contribution in [-0.2, 0) is 12.8 Å². The second kappa shape index (κ2) is 12.8. The molecule has 0 spiro atoms. The van der Waals surface area contributed by atoms with Crippen LogP contribution >= 0.6 is 0 Å². The Balaban J connectivity index is 1.54. The van der Waals surface area contributed by atoms with E-state index in [1.54, 1.807) is 0 Å². The van der Waals surface area contributed by atoms with Crippen molar-refractivity contribution in [3.63, 3.8) is 0 Å². The van der Waals surface area contributed by atoms with Crippen molar-refractivity contribution in [3.8, 4) is 11.5 Å². The van der Waals surface area contributed by atoms with E-state index in [-0.39, 0.29) is 33.2 Å². The molecule has 190 valence electrons. The first-order valence-corrected chi connectivity index (χ1v) is 12.6. The molecule has 6 nitrogen and oxygen atoms in total. The Morgan fingerprint density at radius 1 is 0.618 bits per heavy atom. The van der Waals surface area contributed by atoms with Gasteiger partial charge >= 0.3 is 0 Å². The highest BCUT2D eigenvalue weighted by atomic mass is 16.4. The Labute approximate surface area is 203 Å². The van der Waals surface area contributed by atoms with E-state index in [0.717, 1.165) is 38.2 Å². The number of rotatable bonds is 15. The molecule has 2 N–H and O–H groups in total. The maximum absolute atomic E-state index is 11.5. The highest BCUT2D eigenvalue weighted by Crippen LogP contribution is 2.31. The molecule has 0 aromatic carbocycles. The molecule has 2 aromatic heterocycles.